The fraction of sp³-hybridized carbons (Fsp3) is 0.476. The van der Waals surface area contributed by atoms with Crippen LogP contribution in [0.2, 0.25) is 0 Å². The summed E-state index contributed by atoms with van der Waals surface area (Å²) >= 11 is 0. The maximum atomic E-state index is 14.3. The molecule has 0 aliphatic carbocycles. The minimum absolute atomic E-state index is 0.0298. The van der Waals surface area contributed by atoms with Gasteiger partial charge in [-0.2, -0.15) is 13.2 Å². The molecule has 28 heavy (non-hydrogen) atoms. The Morgan fingerprint density at radius 1 is 1.21 bits per heavy atom. The Balaban J connectivity index is 1.96. The third kappa shape index (κ3) is 2.41. The molecule has 0 saturated carbocycles. The molecular weight excluding hydrogens is 369 g/mol. The van der Waals surface area contributed by atoms with Gasteiger partial charge in [0.15, 0.2) is 5.70 Å². The molecule has 3 aliphatic heterocycles. The number of carbonyl (C=O) groups excluding carboxylic acids is 1. The fourth-order valence-corrected chi connectivity index (χ4v) is 4.76. The van der Waals surface area contributed by atoms with Gasteiger partial charge in [-0.25, -0.2) is 4.79 Å². The van der Waals surface area contributed by atoms with Crippen molar-refractivity contribution in [1.82, 2.24) is 10.0 Å². The Hall–Kier alpha value is -2.44. The second-order valence-corrected chi connectivity index (χ2v) is 8.00. The molecule has 0 aromatic heterocycles. The maximum absolute atomic E-state index is 14.3. The van der Waals surface area contributed by atoms with Crippen molar-refractivity contribution in [1.29, 1.82) is 0 Å². The molecular formula is C21H23F3N2O2. The molecule has 3 heterocycles. The van der Waals surface area contributed by atoms with Gasteiger partial charge in [0, 0.05) is 17.5 Å². The van der Waals surface area contributed by atoms with E-state index in [1.54, 1.807) is 11.9 Å². The highest BCUT2D eigenvalue weighted by molar-refractivity contribution is 5.92. The fourth-order valence-electron chi connectivity index (χ4n) is 4.76. The SMILES string of the molecule is CCOC(=O)C1=C(C(F)(F)F)N2[C@H](c3ccccc3)CC3=C(C)C(C)(C)[C@@H]1N32. The predicted molar refractivity (Wildman–Crippen MR) is 97.5 cm³/mol. The largest absolute Gasteiger partial charge is 0.463 e. The van der Waals surface area contributed by atoms with Crippen molar-refractivity contribution in [3.63, 3.8) is 0 Å². The molecule has 0 bridgehead atoms. The molecule has 4 nitrogen and oxygen atoms in total. The lowest BCUT2D eigenvalue weighted by atomic mass is 9.77. The lowest BCUT2D eigenvalue weighted by Crippen LogP contribution is -2.42. The molecule has 1 aromatic carbocycles. The number of carbonyl (C=O) groups is 1. The monoisotopic (exact) mass is 392 g/mol. The van der Waals surface area contributed by atoms with Crippen LogP contribution in [-0.2, 0) is 9.53 Å². The lowest BCUT2D eigenvalue weighted by molar-refractivity contribution is -0.141. The average Bonchev–Trinajstić information content (AvgIpc) is 3.22. The quantitative estimate of drug-likeness (QED) is 0.697. The van der Waals surface area contributed by atoms with Gasteiger partial charge < -0.3 is 4.74 Å². The standard InChI is InChI=1S/C21H23F3N2O2/c1-5-28-19(27)16-17-20(3,4)12(2)14-11-15(13-9-7-6-8-10-13)26(25(14)17)18(16)21(22,23)24/h6-10,15,17H,5,11H2,1-4H3/t15-,17+/m0/s1. The van der Waals surface area contributed by atoms with Crippen molar-refractivity contribution in [2.45, 2.75) is 52.4 Å². The predicted octanol–water partition coefficient (Wildman–Crippen LogP) is 4.73. The maximum Gasteiger partial charge on any atom is 0.433 e. The second kappa shape index (κ2) is 6.03. The number of hydrazine groups is 1. The Morgan fingerprint density at radius 2 is 1.86 bits per heavy atom. The van der Waals surface area contributed by atoms with Gasteiger partial charge in [0.05, 0.1) is 24.3 Å². The number of nitrogens with zero attached hydrogens (tertiary/aromatic N) is 2. The third-order valence-corrected chi connectivity index (χ3v) is 6.22. The summed E-state index contributed by atoms with van der Waals surface area (Å²) in [4.78, 5) is 12.7. The highest BCUT2D eigenvalue weighted by Crippen LogP contribution is 2.61. The molecule has 1 fully saturated rings. The van der Waals surface area contributed by atoms with Gasteiger partial charge in [-0.1, -0.05) is 44.2 Å². The van der Waals surface area contributed by atoms with E-state index in [9.17, 15) is 18.0 Å². The molecule has 0 radical (unpaired) electrons. The van der Waals surface area contributed by atoms with E-state index in [4.69, 9.17) is 4.74 Å². The molecule has 1 aromatic rings. The summed E-state index contributed by atoms with van der Waals surface area (Å²) in [6, 6.07) is 7.92. The van der Waals surface area contributed by atoms with E-state index in [2.05, 4.69) is 0 Å². The summed E-state index contributed by atoms with van der Waals surface area (Å²) < 4.78 is 47.9. The van der Waals surface area contributed by atoms with Gasteiger partial charge in [-0.05, 0) is 25.0 Å². The van der Waals surface area contributed by atoms with Crippen LogP contribution in [0.1, 0.15) is 45.7 Å². The first kappa shape index (κ1) is 18.9. The van der Waals surface area contributed by atoms with E-state index in [1.165, 1.54) is 5.01 Å². The summed E-state index contributed by atoms with van der Waals surface area (Å²) in [5, 5.41) is 2.99. The topological polar surface area (TPSA) is 32.8 Å². The van der Waals surface area contributed by atoms with Crippen LogP contribution in [0.25, 0.3) is 0 Å². The van der Waals surface area contributed by atoms with Gasteiger partial charge in [0.2, 0.25) is 0 Å². The highest BCUT2D eigenvalue weighted by Gasteiger charge is 2.64. The number of halogens is 3. The van der Waals surface area contributed by atoms with Gasteiger partial charge in [0.1, 0.15) is 0 Å². The number of alkyl halides is 3. The number of rotatable bonds is 3. The van der Waals surface area contributed by atoms with E-state index >= 15 is 0 Å². The van der Waals surface area contributed by atoms with Gasteiger partial charge in [-0.15, -0.1) is 0 Å². The van der Waals surface area contributed by atoms with Crippen LogP contribution >= 0.6 is 0 Å². The minimum Gasteiger partial charge on any atom is -0.463 e. The van der Waals surface area contributed by atoms with Crippen LogP contribution in [0.3, 0.4) is 0 Å². The van der Waals surface area contributed by atoms with Crippen molar-refractivity contribution in [3.05, 3.63) is 58.4 Å². The molecule has 4 rings (SSSR count). The molecule has 2 atom stereocenters. The first-order valence-electron chi connectivity index (χ1n) is 9.42. The number of hydrogen-bond donors (Lipinski definition) is 0. The molecule has 0 amide bonds. The number of allylic oxidation sites excluding steroid dienone is 1. The Kier molecular flexibility index (Phi) is 4.07. The molecule has 7 heteroatoms. The van der Waals surface area contributed by atoms with Gasteiger partial charge >= 0.3 is 12.1 Å². The lowest BCUT2D eigenvalue weighted by Gasteiger charge is -2.36. The summed E-state index contributed by atoms with van der Waals surface area (Å²) in [5.41, 5.74) is 0.897. The highest BCUT2D eigenvalue weighted by atomic mass is 19.4. The number of hydrogen-bond acceptors (Lipinski definition) is 4. The zero-order valence-electron chi connectivity index (χ0n) is 16.3. The average molecular weight is 392 g/mol. The number of ether oxygens (including phenoxy) is 1. The summed E-state index contributed by atoms with van der Waals surface area (Å²) in [6.45, 7) is 7.37. The molecule has 3 aliphatic rings. The van der Waals surface area contributed by atoms with Crippen LogP contribution in [-0.4, -0.2) is 34.8 Å². The summed E-state index contributed by atoms with van der Waals surface area (Å²) in [6.07, 6.45) is -4.19. The molecule has 150 valence electrons. The second-order valence-electron chi connectivity index (χ2n) is 8.00. The molecule has 0 unspecified atom stereocenters. The third-order valence-electron chi connectivity index (χ3n) is 6.22. The molecule has 1 saturated heterocycles. The van der Waals surface area contributed by atoms with Crippen LogP contribution in [0.15, 0.2) is 52.9 Å². The Bertz CT molecular complexity index is 887. The van der Waals surface area contributed by atoms with Gasteiger partial charge in [-0.3, -0.25) is 10.0 Å². The van der Waals surface area contributed by atoms with Crippen LogP contribution < -0.4 is 0 Å². The first-order valence-corrected chi connectivity index (χ1v) is 9.42. The summed E-state index contributed by atoms with van der Waals surface area (Å²) in [7, 11) is 0. The zero-order chi connectivity index (χ0) is 20.4. The van der Waals surface area contributed by atoms with Crippen molar-refractivity contribution >= 4 is 5.97 Å². The van der Waals surface area contributed by atoms with E-state index in [0.29, 0.717) is 6.42 Å². The van der Waals surface area contributed by atoms with Crippen LogP contribution in [0.5, 0.6) is 0 Å². The van der Waals surface area contributed by atoms with Crippen molar-refractivity contribution < 1.29 is 22.7 Å². The van der Waals surface area contributed by atoms with Crippen molar-refractivity contribution in [2.24, 2.45) is 5.41 Å². The summed E-state index contributed by atoms with van der Waals surface area (Å²) in [5.74, 6) is -0.886. The van der Waals surface area contributed by atoms with E-state index in [1.807, 2.05) is 51.1 Å². The van der Waals surface area contributed by atoms with E-state index < -0.39 is 35.3 Å². The van der Waals surface area contributed by atoms with Crippen molar-refractivity contribution in [3.8, 4) is 0 Å². The van der Waals surface area contributed by atoms with Gasteiger partial charge in [0.25, 0.3) is 0 Å². The smallest absolute Gasteiger partial charge is 0.433 e. The molecule has 0 spiro atoms. The van der Waals surface area contributed by atoms with E-state index in [-0.39, 0.29) is 12.2 Å². The number of benzene rings is 1. The number of esters is 1. The minimum atomic E-state index is -4.67. The van der Waals surface area contributed by atoms with Crippen LogP contribution in [0.4, 0.5) is 13.2 Å². The normalized spacial score (nSPS) is 25.7. The zero-order valence-corrected chi connectivity index (χ0v) is 16.3. The van der Waals surface area contributed by atoms with Crippen LogP contribution in [0, 0.1) is 5.41 Å². The molecule has 0 N–H and O–H groups in total. The first-order chi connectivity index (χ1) is 13.1. The van der Waals surface area contributed by atoms with Crippen molar-refractivity contribution in [2.75, 3.05) is 6.61 Å². The van der Waals surface area contributed by atoms with E-state index in [0.717, 1.165) is 16.8 Å². The Labute approximate surface area is 162 Å². The Morgan fingerprint density at radius 3 is 2.43 bits per heavy atom.